The molecular weight excluding hydrogens is 344 g/mol. The lowest BCUT2D eigenvalue weighted by molar-refractivity contribution is 0.0474. The highest BCUT2D eigenvalue weighted by Gasteiger charge is 2.19. The van der Waals surface area contributed by atoms with Gasteiger partial charge in [-0.1, -0.05) is 0 Å². The predicted molar refractivity (Wildman–Crippen MR) is 99.2 cm³/mol. The molecule has 138 valence electrons. The topological polar surface area (TPSA) is 87.0 Å². The maximum Gasteiger partial charge on any atom is 0.342 e. The summed E-state index contributed by atoms with van der Waals surface area (Å²) in [5.74, 6) is -0.580. The molecule has 0 N–H and O–H groups in total. The molecule has 27 heavy (non-hydrogen) atoms. The monoisotopic (exact) mass is 364 g/mol. The molecule has 0 aliphatic rings. The lowest BCUT2D eigenvalue weighted by Crippen LogP contribution is -2.18. The summed E-state index contributed by atoms with van der Waals surface area (Å²) in [7, 11) is 0. The van der Waals surface area contributed by atoms with Gasteiger partial charge in [0.05, 0.1) is 0 Å². The third-order valence-electron chi connectivity index (χ3n) is 4.76. The highest BCUT2D eigenvalue weighted by atomic mass is 16.5. The third kappa shape index (κ3) is 3.62. The van der Waals surface area contributed by atoms with Crippen LogP contribution in [0.5, 0.6) is 0 Å². The van der Waals surface area contributed by atoms with Crippen LogP contribution in [0.2, 0.25) is 0 Å². The Morgan fingerprint density at radius 2 is 1.85 bits per heavy atom. The molecule has 0 aliphatic heterocycles. The van der Waals surface area contributed by atoms with Crippen molar-refractivity contribution in [2.45, 2.75) is 27.7 Å². The molecule has 0 amide bonds. The van der Waals surface area contributed by atoms with Crippen LogP contribution in [-0.4, -0.2) is 38.1 Å². The number of aryl methyl sites for hydroxylation is 1. The zero-order chi connectivity index (χ0) is 19.6. The average molecular weight is 364 g/mol. The number of benzene rings is 1. The number of hydrogen-bond donors (Lipinski definition) is 0. The first-order valence-electron chi connectivity index (χ1n) is 8.48. The average Bonchev–Trinajstić information content (AvgIpc) is 3.21. The van der Waals surface area contributed by atoms with Gasteiger partial charge < -0.3 is 4.74 Å². The van der Waals surface area contributed by atoms with E-state index in [0.717, 1.165) is 22.3 Å². The van der Waals surface area contributed by atoms with E-state index < -0.39 is 5.97 Å². The zero-order valence-electron chi connectivity index (χ0n) is 15.7. The van der Waals surface area contributed by atoms with E-state index in [1.165, 1.54) is 17.3 Å². The molecule has 0 fully saturated rings. The van der Waals surface area contributed by atoms with Gasteiger partial charge in [0, 0.05) is 11.8 Å². The minimum atomic E-state index is -0.639. The van der Waals surface area contributed by atoms with Crippen LogP contribution in [0.4, 0.5) is 0 Å². The van der Waals surface area contributed by atoms with Gasteiger partial charge >= 0.3 is 5.97 Å². The fraction of sp³-hybridized carbons (Fsp3) is 0.250. The number of esters is 1. The molecule has 0 aliphatic carbocycles. The van der Waals surface area contributed by atoms with Crippen LogP contribution in [0.1, 0.15) is 43.0 Å². The zero-order valence-corrected chi connectivity index (χ0v) is 15.7. The first-order valence-corrected chi connectivity index (χ1v) is 8.48. The molecule has 1 aromatic carbocycles. The molecular formula is C20H20N4O3. The molecule has 2 heterocycles. The van der Waals surface area contributed by atoms with Gasteiger partial charge in [0.1, 0.15) is 18.2 Å². The SMILES string of the molecule is Cc1cc(C(=O)COC(=O)c2cccnc2-n2cncn2)c(C)c(C)c1C. The normalized spacial score (nSPS) is 10.7. The Balaban J connectivity index is 1.79. The maximum atomic E-state index is 12.6. The first kappa shape index (κ1) is 18.4. The van der Waals surface area contributed by atoms with Crippen molar-refractivity contribution in [3.8, 4) is 5.82 Å². The molecule has 0 radical (unpaired) electrons. The van der Waals surface area contributed by atoms with Gasteiger partial charge in [-0.05, 0) is 68.1 Å². The van der Waals surface area contributed by atoms with E-state index in [1.807, 2.05) is 33.8 Å². The fourth-order valence-electron chi connectivity index (χ4n) is 2.84. The third-order valence-corrected chi connectivity index (χ3v) is 4.76. The summed E-state index contributed by atoms with van der Waals surface area (Å²) in [5.41, 5.74) is 4.96. The standard InChI is InChI=1S/C20H20N4O3/c1-12-8-17(15(4)14(3)13(12)2)18(25)9-27-20(26)16-6-5-7-22-19(16)24-11-21-10-23-24/h5-8,10-11H,9H2,1-4H3. The molecule has 0 unspecified atom stereocenters. The van der Waals surface area contributed by atoms with E-state index in [1.54, 1.807) is 18.3 Å². The summed E-state index contributed by atoms with van der Waals surface area (Å²) in [6.07, 6.45) is 4.32. The summed E-state index contributed by atoms with van der Waals surface area (Å²) in [6, 6.07) is 5.04. The van der Waals surface area contributed by atoms with E-state index >= 15 is 0 Å². The number of aromatic nitrogens is 4. The largest absolute Gasteiger partial charge is 0.454 e. The number of Topliss-reactive ketones (excluding diaryl/α,β-unsaturated/α-hetero) is 1. The van der Waals surface area contributed by atoms with E-state index in [9.17, 15) is 9.59 Å². The molecule has 0 saturated heterocycles. The van der Waals surface area contributed by atoms with Crippen molar-refractivity contribution in [3.05, 3.63) is 70.4 Å². The van der Waals surface area contributed by atoms with Crippen LogP contribution in [-0.2, 0) is 4.74 Å². The molecule has 7 nitrogen and oxygen atoms in total. The van der Waals surface area contributed by atoms with E-state index in [2.05, 4.69) is 15.1 Å². The maximum absolute atomic E-state index is 12.6. The summed E-state index contributed by atoms with van der Waals surface area (Å²) < 4.78 is 6.63. The number of pyridine rings is 1. The Hall–Kier alpha value is -3.35. The second-order valence-corrected chi connectivity index (χ2v) is 6.33. The Morgan fingerprint density at radius 3 is 2.56 bits per heavy atom. The van der Waals surface area contributed by atoms with Crippen molar-refractivity contribution in [2.24, 2.45) is 0 Å². The second-order valence-electron chi connectivity index (χ2n) is 6.33. The van der Waals surface area contributed by atoms with Gasteiger partial charge in [-0.3, -0.25) is 4.79 Å². The Bertz CT molecular complexity index is 1010. The highest BCUT2D eigenvalue weighted by Crippen LogP contribution is 2.22. The molecule has 3 aromatic rings. The van der Waals surface area contributed by atoms with Crippen LogP contribution in [0, 0.1) is 27.7 Å². The molecule has 0 spiro atoms. The molecule has 7 heteroatoms. The number of hydrogen-bond acceptors (Lipinski definition) is 6. The van der Waals surface area contributed by atoms with Gasteiger partial charge in [0.25, 0.3) is 0 Å². The Kier molecular flexibility index (Phi) is 5.12. The van der Waals surface area contributed by atoms with Crippen LogP contribution < -0.4 is 0 Å². The van der Waals surface area contributed by atoms with Crippen molar-refractivity contribution < 1.29 is 14.3 Å². The van der Waals surface area contributed by atoms with E-state index in [-0.39, 0.29) is 18.0 Å². The molecule has 3 rings (SSSR count). The fourth-order valence-corrected chi connectivity index (χ4v) is 2.84. The van der Waals surface area contributed by atoms with Crippen LogP contribution in [0.15, 0.2) is 37.1 Å². The predicted octanol–water partition coefficient (Wildman–Crippen LogP) is 2.94. The summed E-state index contributed by atoms with van der Waals surface area (Å²) in [4.78, 5) is 33.1. The smallest absolute Gasteiger partial charge is 0.342 e. The molecule has 0 bridgehead atoms. The van der Waals surface area contributed by atoms with Crippen molar-refractivity contribution in [3.63, 3.8) is 0 Å². The Morgan fingerprint density at radius 1 is 1.07 bits per heavy atom. The van der Waals surface area contributed by atoms with Gasteiger partial charge in [-0.25, -0.2) is 19.4 Å². The van der Waals surface area contributed by atoms with Crippen molar-refractivity contribution in [1.82, 2.24) is 19.7 Å². The minimum Gasteiger partial charge on any atom is -0.454 e. The van der Waals surface area contributed by atoms with Crippen molar-refractivity contribution >= 4 is 11.8 Å². The van der Waals surface area contributed by atoms with E-state index in [0.29, 0.717) is 11.4 Å². The lowest BCUT2D eigenvalue weighted by Gasteiger charge is -2.14. The summed E-state index contributed by atoms with van der Waals surface area (Å²) >= 11 is 0. The quantitative estimate of drug-likeness (QED) is 0.511. The van der Waals surface area contributed by atoms with Crippen molar-refractivity contribution in [2.75, 3.05) is 6.61 Å². The minimum absolute atomic E-state index is 0.212. The Labute approximate surface area is 157 Å². The van der Waals surface area contributed by atoms with Crippen LogP contribution in [0.25, 0.3) is 5.82 Å². The lowest BCUT2D eigenvalue weighted by atomic mass is 9.93. The molecule has 0 atom stereocenters. The van der Waals surface area contributed by atoms with Gasteiger partial charge in [-0.2, -0.15) is 5.10 Å². The number of carbonyl (C=O) groups is 2. The number of rotatable bonds is 5. The number of ether oxygens (including phenoxy) is 1. The number of ketones is 1. The summed E-state index contributed by atoms with van der Waals surface area (Å²) in [6.45, 7) is 7.54. The van der Waals surface area contributed by atoms with Gasteiger partial charge in [0.2, 0.25) is 5.78 Å². The number of nitrogens with zero attached hydrogens (tertiary/aromatic N) is 4. The highest BCUT2D eigenvalue weighted by molar-refractivity contribution is 6.01. The van der Waals surface area contributed by atoms with Gasteiger partial charge in [0.15, 0.2) is 12.4 Å². The van der Waals surface area contributed by atoms with Crippen LogP contribution >= 0.6 is 0 Å². The van der Waals surface area contributed by atoms with Crippen LogP contribution in [0.3, 0.4) is 0 Å². The summed E-state index contributed by atoms with van der Waals surface area (Å²) in [5, 5.41) is 3.98. The second kappa shape index (κ2) is 7.49. The van der Waals surface area contributed by atoms with Gasteiger partial charge in [-0.15, -0.1) is 0 Å². The van der Waals surface area contributed by atoms with E-state index in [4.69, 9.17) is 4.74 Å². The first-order chi connectivity index (χ1) is 12.9. The number of carbonyl (C=O) groups excluding carboxylic acids is 2. The van der Waals surface area contributed by atoms with Crippen molar-refractivity contribution in [1.29, 1.82) is 0 Å². The molecule has 0 saturated carbocycles. The molecule has 2 aromatic heterocycles.